The maximum absolute atomic E-state index is 11.1. The monoisotopic (exact) mass is 264 g/mol. The summed E-state index contributed by atoms with van der Waals surface area (Å²) >= 11 is 0. The maximum Gasteiger partial charge on any atom is 0.417 e. The Morgan fingerprint density at radius 2 is 2.16 bits per heavy atom. The number of aliphatic hydroxyl groups excluding tert-OH is 1. The number of aromatic nitrogens is 1. The van der Waals surface area contributed by atoms with Crippen LogP contribution in [0, 0.1) is 0 Å². The Bertz CT molecular complexity index is 612. The second kappa shape index (κ2) is 5.19. The molecule has 0 bridgehead atoms. The molecule has 1 aromatic carbocycles. The summed E-state index contributed by atoms with van der Waals surface area (Å²) in [5, 5.41) is 9.31. The van der Waals surface area contributed by atoms with Crippen molar-refractivity contribution in [2.45, 2.75) is 25.8 Å². The van der Waals surface area contributed by atoms with Gasteiger partial charge in [-0.1, -0.05) is 6.07 Å². The van der Waals surface area contributed by atoms with E-state index in [4.69, 9.17) is 4.42 Å². The highest BCUT2D eigenvalue weighted by Gasteiger charge is 2.21. The van der Waals surface area contributed by atoms with E-state index in [-0.39, 0.29) is 12.1 Å². The molecule has 0 fully saturated rings. The van der Waals surface area contributed by atoms with Gasteiger partial charge in [0.25, 0.3) is 0 Å². The number of aromatic amines is 1. The molecule has 0 amide bonds. The fourth-order valence-electron chi connectivity index (χ4n) is 1.87. The van der Waals surface area contributed by atoms with Crippen LogP contribution in [0.25, 0.3) is 11.1 Å². The summed E-state index contributed by atoms with van der Waals surface area (Å²) in [5.74, 6) is -0.425. The van der Waals surface area contributed by atoms with Crippen molar-refractivity contribution in [3.63, 3.8) is 0 Å². The van der Waals surface area contributed by atoms with Gasteiger partial charge in [-0.25, -0.2) is 4.79 Å². The maximum atomic E-state index is 11.1. The third-order valence-electron chi connectivity index (χ3n) is 3.64. The molecule has 2 N–H and O–H groups in total. The third-order valence-corrected chi connectivity index (χ3v) is 3.64. The summed E-state index contributed by atoms with van der Waals surface area (Å²) < 4.78 is 5.04. The van der Waals surface area contributed by atoms with Gasteiger partial charge in [-0.05, 0) is 45.0 Å². The van der Waals surface area contributed by atoms with Crippen LogP contribution in [0.15, 0.2) is 27.4 Å². The molecule has 5 nitrogen and oxygen atoms in total. The van der Waals surface area contributed by atoms with Crippen molar-refractivity contribution in [2.24, 2.45) is 0 Å². The molecule has 104 valence electrons. The largest absolute Gasteiger partial charge is 0.417 e. The molecule has 0 saturated carbocycles. The molecule has 1 aromatic heterocycles. The first-order valence-electron chi connectivity index (χ1n) is 6.36. The number of aliphatic hydroxyl groups is 1. The van der Waals surface area contributed by atoms with Crippen LogP contribution in [-0.4, -0.2) is 40.7 Å². The Balaban J connectivity index is 2.07. The van der Waals surface area contributed by atoms with Crippen molar-refractivity contribution >= 4 is 11.1 Å². The van der Waals surface area contributed by atoms with Gasteiger partial charge in [0.15, 0.2) is 5.58 Å². The molecule has 0 unspecified atom stereocenters. The van der Waals surface area contributed by atoms with E-state index < -0.39 is 5.76 Å². The lowest BCUT2D eigenvalue weighted by atomic mass is 10.0. The van der Waals surface area contributed by atoms with Gasteiger partial charge in [-0.2, -0.15) is 0 Å². The van der Waals surface area contributed by atoms with E-state index in [1.165, 1.54) is 0 Å². The Morgan fingerprint density at radius 1 is 1.42 bits per heavy atom. The molecule has 0 aliphatic carbocycles. The summed E-state index contributed by atoms with van der Waals surface area (Å²) in [6.45, 7) is 4.95. The first-order chi connectivity index (χ1) is 8.92. The predicted molar refractivity (Wildman–Crippen MR) is 74.3 cm³/mol. The predicted octanol–water partition coefficient (Wildman–Crippen LogP) is 1.37. The zero-order valence-corrected chi connectivity index (χ0v) is 11.6. The van der Waals surface area contributed by atoms with Crippen molar-refractivity contribution in [2.75, 3.05) is 20.2 Å². The molecular formula is C14H20N2O3. The van der Waals surface area contributed by atoms with Gasteiger partial charge in [0.05, 0.1) is 12.1 Å². The normalized spacial score (nSPS) is 12.5. The molecule has 0 aliphatic heterocycles. The van der Waals surface area contributed by atoms with Crippen LogP contribution in [0.1, 0.15) is 19.4 Å². The Hall–Kier alpha value is -1.59. The van der Waals surface area contributed by atoms with Gasteiger partial charge < -0.3 is 9.52 Å². The van der Waals surface area contributed by atoms with Gasteiger partial charge in [0, 0.05) is 12.1 Å². The molecule has 0 aliphatic rings. The summed E-state index contributed by atoms with van der Waals surface area (Å²) in [5.41, 5.74) is 2.19. The lowest BCUT2D eigenvalue weighted by Crippen LogP contribution is -2.45. The Morgan fingerprint density at radius 3 is 2.84 bits per heavy atom. The number of fused-ring (bicyclic) bond motifs is 1. The number of likely N-dealkylation sites (N-methyl/N-ethyl adjacent to an activating group) is 1. The lowest BCUT2D eigenvalue weighted by molar-refractivity contribution is 0.0801. The molecule has 1 heterocycles. The number of hydrogen-bond donors (Lipinski definition) is 2. The summed E-state index contributed by atoms with van der Waals surface area (Å²) in [6.07, 6.45) is 0.838. The molecular weight excluding hydrogens is 244 g/mol. The van der Waals surface area contributed by atoms with Crippen molar-refractivity contribution in [1.82, 2.24) is 9.88 Å². The smallest absolute Gasteiger partial charge is 0.408 e. The van der Waals surface area contributed by atoms with Crippen LogP contribution in [0.3, 0.4) is 0 Å². The number of hydrogen-bond acceptors (Lipinski definition) is 4. The van der Waals surface area contributed by atoms with Gasteiger partial charge in [-0.15, -0.1) is 0 Å². The second-order valence-corrected chi connectivity index (χ2v) is 5.49. The Labute approximate surface area is 111 Å². The molecule has 2 aromatic rings. The molecule has 2 rings (SSSR count). The van der Waals surface area contributed by atoms with E-state index in [2.05, 4.69) is 9.88 Å². The van der Waals surface area contributed by atoms with E-state index >= 15 is 0 Å². The van der Waals surface area contributed by atoms with Crippen LogP contribution in [0.4, 0.5) is 0 Å². The minimum absolute atomic E-state index is 0.120. The van der Waals surface area contributed by atoms with Crippen LogP contribution >= 0.6 is 0 Å². The minimum atomic E-state index is -0.425. The molecule has 5 heteroatoms. The van der Waals surface area contributed by atoms with Crippen molar-refractivity contribution in [3.8, 4) is 0 Å². The molecule has 0 saturated heterocycles. The zero-order valence-electron chi connectivity index (χ0n) is 11.6. The highest BCUT2D eigenvalue weighted by Crippen LogP contribution is 2.15. The summed E-state index contributed by atoms with van der Waals surface area (Å²) in [7, 11) is 1.99. The van der Waals surface area contributed by atoms with Gasteiger partial charge >= 0.3 is 5.76 Å². The SMILES string of the molecule is CN(CCc1ccc2[nH]c(=O)oc2c1)C(C)(C)CO. The summed E-state index contributed by atoms with van der Waals surface area (Å²) in [4.78, 5) is 15.8. The average molecular weight is 264 g/mol. The second-order valence-electron chi connectivity index (χ2n) is 5.49. The first-order valence-corrected chi connectivity index (χ1v) is 6.36. The molecule has 19 heavy (non-hydrogen) atoms. The molecule has 0 spiro atoms. The number of rotatable bonds is 5. The van der Waals surface area contributed by atoms with Crippen LogP contribution in [0.2, 0.25) is 0 Å². The van der Waals surface area contributed by atoms with Crippen LogP contribution < -0.4 is 5.76 Å². The quantitative estimate of drug-likeness (QED) is 0.855. The van der Waals surface area contributed by atoms with Crippen molar-refractivity contribution < 1.29 is 9.52 Å². The van der Waals surface area contributed by atoms with Crippen LogP contribution in [0.5, 0.6) is 0 Å². The fourth-order valence-corrected chi connectivity index (χ4v) is 1.87. The van der Waals surface area contributed by atoms with E-state index in [0.717, 1.165) is 24.0 Å². The fraction of sp³-hybridized carbons (Fsp3) is 0.500. The molecule has 0 atom stereocenters. The van der Waals surface area contributed by atoms with E-state index in [9.17, 15) is 9.90 Å². The van der Waals surface area contributed by atoms with E-state index in [0.29, 0.717) is 5.58 Å². The minimum Gasteiger partial charge on any atom is -0.408 e. The highest BCUT2D eigenvalue weighted by atomic mass is 16.4. The first kappa shape index (κ1) is 13.8. The van der Waals surface area contributed by atoms with E-state index in [1.54, 1.807) is 0 Å². The van der Waals surface area contributed by atoms with Gasteiger partial charge in [0.2, 0.25) is 0 Å². The average Bonchev–Trinajstić information content (AvgIpc) is 2.74. The number of H-pyrrole nitrogens is 1. The number of oxazole rings is 1. The number of benzene rings is 1. The van der Waals surface area contributed by atoms with Crippen LogP contribution in [-0.2, 0) is 6.42 Å². The van der Waals surface area contributed by atoms with E-state index in [1.807, 2.05) is 39.1 Å². The van der Waals surface area contributed by atoms with Crippen molar-refractivity contribution in [3.05, 3.63) is 34.3 Å². The number of nitrogens with one attached hydrogen (secondary N) is 1. The zero-order chi connectivity index (χ0) is 14.0. The third kappa shape index (κ3) is 3.05. The van der Waals surface area contributed by atoms with Gasteiger partial charge in [-0.3, -0.25) is 9.88 Å². The lowest BCUT2D eigenvalue weighted by Gasteiger charge is -2.33. The highest BCUT2D eigenvalue weighted by molar-refractivity contribution is 5.72. The molecule has 0 radical (unpaired) electrons. The Kier molecular flexibility index (Phi) is 3.78. The van der Waals surface area contributed by atoms with Gasteiger partial charge in [0.1, 0.15) is 0 Å². The topological polar surface area (TPSA) is 69.5 Å². The standard InChI is InChI=1S/C14H20N2O3/c1-14(2,9-17)16(3)7-6-10-4-5-11-12(8-10)19-13(18)15-11/h4-5,8,17H,6-7,9H2,1-3H3,(H,15,18). The van der Waals surface area contributed by atoms with Crippen molar-refractivity contribution in [1.29, 1.82) is 0 Å². The number of nitrogens with zero attached hydrogens (tertiary/aromatic N) is 1. The summed E-state index contributed by atoms with van der Waals surface area (Å²) in [6, 6.07) is 5.72.